The summed E-state index contributed by atoms with van der Waals surface area (Å²) in [5.74, 6) is 0.754. The molecule has 0 saturated carbocycles. The fourth-order valence-electron chi connectivity index (χ4n) is 2.81. The van der Waals surface area contributed by atoms with Crippen LogP contribution in [0.3, 0.4) is 0 Å². The third-order valence-corrected chi connectivity index (χ3v) is 5.37. The highest BCUT2D eigenvalue weighted by molar-refractivity contribution is 7.99. The summed E-state index contributed by atoms with van der Waals surface area (Å²) in [4.78, 5) is 16.4. The van der Waals surface area contributed by atoms with Crippen LogP contribution in [0.2, 0.25) is 0 Å². The molecular weight excluding hydrogens is 336 g/mol. The summed E-state index contributed by atoms with van der Waals surface area (Å²) in [5.41, 5.74) is 2.93. The number of hydrogen-bond donors (Lipinski definition) is 0. The highest BCUT2D eigenvalue weighted by atomic mass is 32.2. The summed E-state index contributed by atoms with van der Waals surface area (Å²) in [6.45, 7) is 0. The zero-order chi connectivity index (χ0) is 17.2. The number of thioether (sulfide) groups is 1. The maximum absolute atomic E-state index is 10.9. The molecule has 2 heterocycles. The van der Waals surface area contributed by atoms with E-state index in [2.05, 4.69) is 0 Å². The van der Waals surface area contributed by atoms with Crippen molar-refractivity contribution in [2.45, 2.75) is 16.6 Å². The van der Waals surface area contributed by atoms with E-state index in [0.717, 1.165) is 27.6 Å². The Hall–Kier alpha value is -2.86. The molecule has 0 fully saturated rings. The predicted octanol–water partition coefficient (Wildman–Crippen LogP) is 5.55. The van der Waals surface area contributed by atoms with E-state index in [1.54, 1.807) is 30.2 Å². The fourth-order valence-corrected chi connectivity index (χ4v) is 4.04. The van der Waals surface area contributed by atoms with E-state index in [0.29, 0.717) is 6.42 Å². The van der Waals surface area contributed by atoms with Crippen LogP contribution < -0.4 is 0 Å². The van der Waals surface area contributed by atoms with Crippen molar-refractivity contribution in [3.05, 3.63) is 88.4 Å². The van der Waals surface area contributed by atoms with Crippen molar-refractivity contribution in [3.8, 4) is 0 Å². The molecule has 3 aromatic rings. The average molecular weight is 350 g/mol. The van der Waals surface area contributed by atoms with Gasteiger partial charge in [0, 0.05) is 28.7 Å². The van der Waals surface area contributed by atoms with Crippen LogP contribution in [0.4, 0.5) is 11.4 Å². The first-order valence-electron chi connectivity index (χ1n) is 7.82. The second kappa shape index (κ2) is 6.57. The highest BCUT2D eigenvalue weighted by Crippen LogP contribution is 2.45. The number of nitro benzene ring substituents is 1. The van der Waals surface area contributed by atoms with E-state index < -0.39 is 0 Å². The van der Waals surface area contributed by atoms with E-state index in [1.807, 2.05) is 48.5 Å². The lowest BCUT2D eigenvalue weighted by molar-refractivity contribution is -0.384. The fraction of sp³-hybridized carbons (Fsp3) is 0.105. The van der Waals surface area contributed by atoms with Crippen molar-refractivity contribution in [2.24, 2.45) is 4.99 Å². The summed E-state index contributed by atoms with van der Waals surface area (Å²) < 4.78 is 5.55. The number of para-hydroxylation sites is 1. The first-order chi connectivity index (χ1) is 12.2. The maximum Gasteiger partial charge on any atom is 0.269 e. The van der Waals surface area contributed by atoms with Gasteiger partial charge in [0.1, 0.15) is 5.76 Å². The van der Waals surface area contributed by atoms with Crippen LogP contribution in [-0.4, -0.2) is 10.6 Å². The number of aliphatic imine (C=N–C) groups is 1. The minimum Gasteiger partial charge on any atom is -0.463 e. The van der Waals surface area contributed by atoms with Crippen LogP contribution in [0.1, 0.15) is 23.0 Å². The van der Waals surface area contributed by atoms with Gasteiger partial charge in [-0.05, 0) is 29.8 Å². The highest BCUT2D eigenvalue weighted by Gasteiger charge is 2.24. The second-order valence-electron chi connectivity index (χ2n) is 5.66. The molecule has 25 heavy (non-hydrogen) atoms. The summed E-state index contributed by atoms with van der Waals surface area (Å²) in [5, 5.41) is 11.0. The summed E-state index contributed by atoms with van der Waals surface area (Å²) in [7, 11) is 0. The molecule has 2 aromatic carbocycles. The Morgan fingerprint density at radius 1 is 1.08 bits per heavy atom. The normalized spacial score (nSPS) is 16.6. The number of benzene rings is 2. The van der Waals surface area contributed by atoms with Crippen molar-refractivity contribution < 1.29 is 9.34 Å². The van der Waals surface area contributed by atoms with Crippen molar-refractivity contribution in [1.82, 2.24) is 0 Å². The number of nitrogens with zero attached hydrogens (tertiary/aromatic N) is 2. The molecule has 1 unspecified atom stereocenters. The molecule has 1 aromatic heterocycles. The smallest absolute Gasteiger partial charge is 0.269 e. The van der Waals surface area contributed by atoms with Crippen LogP contribution in [0.25, 0.3) is 0 Å². The molecule has 124 valence electrons. The number of non-ortho nitro benzene ring substituents is 1. The van der Waals surface area contributed by atoms with Gasteiger partial charge in [0.25, 0.3) is 5.69 Å². The molecule has 1 atom stereocenters. The molecule has 6 heteroatoms. The average Bonchev–Trinajstić information content (AvgIpc) is 3.09. The van der Waals surface area contributed by atoms with E-state index in [1.165, 1.54) is 0 Å². The number of fused-ring (bicyclic) bond motifs is 1. The van der Waals surface area contributed by atoms with Gasteiger partial charge in [0.15, 0.2) is 0 Å². The Morgan fingerprint density at radius 3 is 2.60 bits per heavy atom. The van der Waals surface area contributed by atoms with E-state index in [-0.39, 0.29) is 15.9 Å². The van der Waals surface area contributed by atoms with Crippen LogP contribution in [0.5, 0.6) is 0 Å². The molecule has 0 N–H and O–H groups in total. The standard InChI is InChI=1S/C19H14N2O3S/c22-21(23)14-9-7-13(8-10-14)19-12-16(17-5-3-11-24-17)20-15-4-1-2-6-18(15)25-19/h1-11,19H,12H2. The Kier molecular flexibility index (Phi) is 4.11. The first-order valence-corrected chi connectivity index (χ1v) is 8.70. The molecule has 1 aliphatic rings. The molecule has 0 aliphatic carbocycles. The first kappa shape index (κ1) is 15.7. The molecule has 5 nitrogen and oxygen atoms in total. The van der Waals surface area contributed by atoms with Crippen molar-refractivity contribution in [3.63, 3.8) is 0 Å². The number of hydrogen-bond acceptors (Lipinski definition) is 5. The van der Waals surface area contributed by atoms with Gasteiger partial charge >= 0.3 is 0 Å². The Balaban J connectivity index is 1.74. The minimum atomic E-state index is -0.380. The lowest BCUT2D eigenvalue weighted by Gasteiger charge is -2.15. The maximum atomic E-state index is 10.9. The largest absolute Gasteiger partial charge is 0.463 e. The van der Waals surface area contributed by atoms with Gasteiger partial charge in [0.05, 0.1) is 22.6 Å². The van der Waals surface area contributed by atoms with Gasteiger partial charge in [-0.3, -0.25) is 10.1 Å². The SMILES string of the molecule is O=[N+]([O-])c1ccc(C2CC(c3ccco3)=Nc3ccccc3S2)cc1. The van der Waals surface area contributed by atoms with Crippen molar-refractivity contribution in [1.29, 1.82) is 0 Å². The number of furan rings is 1. The lowest BCUT2D eigenvalue weighted by Crippen LogP contribution is -2.04. The van der Waals surface area contributed by atoms with Gasteiger partial charge in [-0.2, -0.15) is 0 Å². The second-order valence-corrected chi connectivity index (χ2v) is 6.91. The van der Waals surface area contributed by atoms with Crippen molar-refractivity contribution in [2.75, 3.05) is 0 Å². The van der Waals surface area contributed by atoms with Gasteiger partial charge in [0.2, 0.25) is 0 Å². The third-order valence-electron chi connectivity index (χ3n) is 4.05. The molecule has 0 saturated heterocycles. The molecular formula is C19H14N2O3S. The summed E-state index contributed by atoms with van der Waals surface area (Å²) in [6.07, 6.45) is 2.33. The van der Waals surface area contributed by atoms with E-state index in [9.17, 15) is 10.1 Å². The van der Waals surface area contributed by atoms with Gasteiger partial charge in [-0.15, -0.1) is 11.8 Å². The predicted molar refractivity (Wildman–Crippen MR) is 97.7 cm³/mol. The molecule has 1 aliphatic heterocycles. The van der Waals surface area contributed by atoms with Gasteiger partial charge in [-0.25, -0.2) is 4.99 Å². The van der Waals surface area contributed by atoms with Crippen LogP contribution in [0, 0.1) is 10.1 Å². The van der Waals surface area contributed by atoms with Gasteiger partial charge < -0.3 is 4.42 Å². The molecule has 4 rings (SSSR count). The van der Waals surface area contributed by atoms with E-state index in [4.69, 9.17) is 9.41 Å². The quantitative estimate of drug-likeness (QED) is 0.459. The Morgan fingerprint density at radius 2 is 1.88 bits per heavy atom. The van der Waals surface area contributed by atoms with E-state index >= 15 is 0 Å². The van der Waals surface area contributed by atoms with Crippen LogP contribution in [-0.2, 0) is 0 Å². The molecule has 0 spiro atoms. The van der Waals surface area contributed by atoms with Crippen molar-refractivity contribution >= 4 is 28.8 Å². The van der Waals surface area contributed by atoms with Crippen LogP contribution in [0.15, 0.2) is 81.2 Å². The van der Waals surface area contributed by atoms with Crippen LogP contribution >= 0.6 is 11.8 Å². The molecule has 0 bridgehead atoms. The Bertz CT molecular complexity index is 934. The third kappa shape index (κ3) is 3.21. The summed E-state index contributed by atoms with van der Waals surface area (Å²) >= 11 is 1.72. The topological polar surface area (TPSA) is 68.6 Å². The summed E-state index contributed by atoms with van der Waals surface area (Å²) in [6, 6.07) is 18.5. The minimum absolute atomic E-state index is 0.0997. The number of rotatable bonds is 3. The molecule has 0 radical (unpaired) electrons. The zero-order valence-electron chi connectivity index (χ0n) is 13.2. The van der Waals surface area contributed by atoms with Gasteiger partial charge in [-0.1, -0.05) is 24.3 Å². The Labute approximate surface area is 148 Å². The lowest BCUT2D eigenvalue weighted by atomic mass is 10.0. The monoisotopic (exact) mass is 350 g/mol. The number of nitro groups is 1. The molecule has 0 amide bonds. The zero-order valence-corrected chi connectivity index (χ0v) is 14.0.